The Morgan fingerprint density at radius 2 is 1.82 bits per heavy atom. The lowest BCUT2D eigenvalue weighted by molar-refractivity contribution is 0.211. The van der Waals surface area contributed by atoms with Gasteiger partial charge in [-0.25, -0.2) is 0 Å². The van der Waals surface area contributed by atoms with Crippen LogP contribution in [0.25, 0.3) is 0 Å². The van der Waals surface area contributed by atoms with Crippen LogP contribution in [0.2, 0.25) is 0 Å². The Labute approximate surface area is 132 Å². The van der Waals surface area contributed by atoms with Gasteiger partial charge in [0.25, 0.3) is 0 Å². The minimum Gasteiger partial charge on any atom is -0.497 e. The molecule has 1 aliphatic rings. The molecule has 0 atom stereocenters. The topological polar surface area (TPSA) is 24.5 Å². The molecule has 0 aromatic heterocycles. The molecule has 1 heterocycles. The average molecular weight is 296 g/mol. The highest BCUT2D eigenvalue weighted by Crippen LogP contribution is 2.21. The van der Waals surface area contributed by atoms with Crippen LogP contribution in [0, 0.1) is 0 Å². The Morgan fingerprint density at radius 3 is 2.55 bits per heavy atom. The molecule has 1 fully saturated rings. The molecule has 0 unspecified atom stereocenters. The zero-order chi connectivity index (χ0) is 15.2. The van der Waals surface area contributed by atoms with Gasteiger partial charge < -0.3 is 10.1 Å². The van der Waals surface area contributed by atoms with E-state index in [1.165, 1.54) is 18.4 Å². The normalized spacial score (nSPS) is 16.4. The minimum atomic E-state index is 0.555. The Hall–Kier alpha value is -2.00. The van der Waals surface area contributed by atoms with E-state index in [-0.39, 0.29) is 0 Å². The van der Waals surface area contributed by atoms with Crippen LogP contribution in [0.3, 0.4) is 0 Å². The van der Waals surface area contributed by atoms with Gasteiger partial charge >= 0.3 is 0 Å². The fourth-order valence-corrected chi connectivity index (χ4v) is 3.03. The van der Waals surface area contributed by atoms with Gasteiger partial charge in [0.1, 0.15) is 5.75 Å². The monoisotopic (exact) mass is 296 g/mol. The Balaban J connectivity index is 1.49. The largest absolute Gasteiger partial charge is 0.497 e. The van der Waals surface area contributed by atoms with E-state index in [0.29, 0.717) is 6.04 Å². The summed E-state index contributed by atoms with van der Waals surface area (Å²) in [5.41, 5.74) is 2.56. The smallest absolute Gasteiger partial charge is 0.120 e. The summed E-state index contributed by atoms with van der Waals surface area (Å²) < 4.78 is 5.28. The molecule has 1 aliphatic heterocycles. The quantitative estimate of drug-likeness (QED) is 0.909. The predicted molar refractivity (Wildman–Crippen MR) is 91.4 cm³/mol. The molecular weight excluding hydrogens is 272 g/mol. The minimum absolute atomic E-state index is 0.555. The van der Waals surface area contributed by atoms with Crippen molar-refractivity contribution in [1.29, 1.82) is 0 Å². The highest BCUT2D eigenvalue weighted by molar-refractivity contribution is 5.48. The molecule has 0 radical (unpaired) electrons. The summed E-state index contributed by atoms with van der Waals surface area (Å²) >= 11 is 0. The lowest BCUT2D eigenvalue weighted by atomic mass is 10.0. The van der Waals surface area contributed by atoms with Gasteiger partial charge in [0, 0.05) is 37.4 Å². The number of methoxy groups -OCH3 is 1. The molecule has 1 saturated heterocycles. The van der Waals surface area contributed by atoms with Gasteiger partial charge in [-0.05, 0) is 30.5 Å². The highest BCUT2D eigenvalue weighted by atomic mass is 16.5. The molecule has 1 N–H and O–H groups in total. The van der Waals surface area contributed by atoms with Gasteiger partial charge in [0.05, 0.1) is 7.11 Å². The van der Waals surface area contributed by atoms with Crippen molar-refractivity contribution < 1.29 is 4.74 Å². The van der Waals surface area contributed by atoms with Gasteiger partial charge in [0.2, 0.25) is 0 Å². The second kappa shape index (κ2) is 7.32. The van der Waals surface area contributed by atoms with Crippen LogP contribution in [0.5, 0.6) is 5.75 Å². The molecule has 3 rings (SSSR count). The van der Waals surface area contributed by atoms with Crippen molar-refractivity contribution in [2.24, 2.45) is 0 Å². The molecule has 2 aromatic rings. The lowest BCUT2D eigenvalue weighted by Crippen LogP contribution is -2.38. The number of rotatable bonds is 5. The first-order chi connectivity index (χ1) is 10.8. The molecule has 3 heteroatoms. The van der Waals surface area contributed by atoms with E-state index in [1.54, 1.807) is 7.11 Å². The van der Waals surface area contributed by atoms with E-state index in [1.807, 2.05) is 12.1 Å². The van der Waals surface area contributed by atoms with Crippen molar-refractivity contribution in [3.05, 3.63) is 60.2 Å². The van der Waals surface area contributed by atoms with E-state index in [4.69, 9.17) is 4.74 Å². The van der Waals surface area contributed by atoms with Gasteiger partial charge in [-0.3, -0.25) is 4.90 Å². The number of nitrogens with zero attached hydrogens (tertiary/aromatic N) is 1. The van der Waals surface area contributed by atoms with Crippen LogP contribution in [-0.2, 0) is 6.54 Å². The maximum absolute atomic E-state index is 5.28. The molecule has 0 amide bonds. The van der Waals surface area contributed by atoms with Crippen LogP contribution < -0.4 is 10.1 Å². The molecule has 0 aliphatic carbocycles. The van der Waals surface area contributed by atoms with Crippen LogP contribution in [-0.4, -0.2) is 31.1 Å². The molecule has 0 bridgehead atoms. The van der Waals surface area contributed by atoms with Crippen molar-refractivity contribution in [2.45, 2.75) is 25.4 Å². The summed E-state index contributed by atoms with van der Waals surface area (Å²) in [4.78, 5) is 2.54. The van der Waals surface area contributed by atoms with Crippen LogP contribution in [0.15, 0.2) is 54.6 Å². The second-order valence-electron chi connectivity index (χ2n) is 5.91. The number of benzene rings is 2. The molecule has 2 aromatic carbocycles. The maximum atomic E-state index is 5.28. The van der Waals surface area contributed by atoms with E-state index < -0.39 is 0 Å². The van der Waals surface area contributed by atoms with Gasteiger partial charge in [-0.1, -0.05) is 36.4 Å². The summed E-state index contributed by atoms with van der Waals surface area (Å²) in [6.45, 7) is 3.36. The number of likely N-dealkylation sites (tertiary alicyclic amines) is 1. The molecule has 3 nitrogen and oxygen atoms in total. The fourth-order valence-electron chi connectivity index (χ4n) is 3.03. The van der Waals surface area contributed by atoms with Crippen LogP contribution in [0.1, 0.15) is 18.4 Å². The predicted octanol–water partition coefficient (Wildman–Crippen LogP) is 3.77. The second-order valence-corrected chi connectivity index (χ2v) is 5.91. The third-order valence-electron chi connectivity index (χ3n) is 4.28. The number of piperidine rings is 1. The van der Waals surface area contributed by atoms with Crippen molar-refractivity contribution in [3.8, 4) is 5.75 Å². The molecule has 0 spiro atoms. The number of ether oxygens (including phenoxy) is 1. The Bertz CT molecular complexity index is 577. The fraction of sp³-hybridized carbons (Fsp3) is 0.368. The van der Waals surface area contributed by atoms with Crippen molar-refractivity contribution >= 4 is 5.69 Å². The zero-order valence-electron chi connectivity index (χ0n) is 13.2. The lowest BCUT2D eigenvalue weighted by Gasteiger charge is -2.33. The third kappa shape index (κ3) is 4.01. The van der Waals surface area contributed by atoms with Crippen molar-refractivity contribution in [1.82, 2.24) is 4.90 Å². The Morgan fingerprint density at radius 1 is 1.05 bits per heavy atom. The SMILES string of the molecule is COc1cccc(NC2CCN(Cc3ccccc3)CC2)c1. The molecule has 0 saturated carbocycles. The molecular formula is C19H24N2O. The van der Waals surface area contributed by atoms with E-state index >= 15 is 0 Å². The van der Waals surface area contributed by atoms with E-state index in [0.717, 1.165) is 31.1 Å². The number of nitrogens with one attached hydrogen (secondary N) is 1. The maximum Gasteiger partial charge on any atom is 0.120 e. The first-order valence-electron chi connectivity index (χ1n) is 8.00. The number of hydrogen-bond acceptors (Lipinski definition) is 3. The van der Waals surface area contributed by atoms with Crippen LogP contribution >= 0.6 is 0 Å². The van der Waals surface area contributed by atoms with E-state index in [9.17, 15) is 0 Å². The van der Waals surface area contributed by atoms with Crippen LogP contribution in [0.4, 0.5) is 5.69 Å². The first kappa shape index (κ1) is 14.9. The average Bonchev–Trinajstić information content (AvgIpc) is 2.58. The summed E-state index contributed by atoms with van der Waals surface area (Å²) in [6, 6.07) is 19.5. The van der Waals surface area contributed by atoms with Crippen molar-refractivity contribution in [3.63, 3.8) is 0 Å². The van der Waals surface area contributed by atoms with Gasteiger partial charge in [-0.2, -0.15) is 0 Å². The zero-order valence-corrected chi connectivity index (χ0v) is 13.2. The Kier molecular flexibility index (Phi) is 4.96. The van der Waals surface area contributed by atoms with Gasteiger partial charge in [0.15, 0.2) is 0 Å². The molecule has 22 heavy (non-hydrogen) atoms. The summed E-state index contributed by atoms with van der Waals surface area (Å²) in [7, 11) is 1.71. The first-order valence-corrected chi connectivity index (χ1v) is 8.00. The van der Waals surface area contributed by atoms with E-state index in [2.05, 4.69) is 52.7 Å². The molecule has 116 valence electrons. The van der Waals surface area contributed by atoms with Gasteiger partial charge in [-0.15, -0.1) is 0 Å². The number of anilines is 1. The third-order valence-corrected chi connectivity index (χ3v) is 4.28. The summed E-state index contributed by atoms with van der Waals surface area (Å²) in [6.07, 6.45) is 2.37. The standard InChI is InChI=1S/C19H24N2O/c1-22-19-9-5-8-18(14-19)20-17-10-12-21(13-11-17)15-16-6-3-2-4-7-16/h2-9,14,17,20H,10-13,15H2,1H3. The summed E-state index contributed by atoms with van der Waals surface area (Å²) in [5.74, 6) is 0.909. The summed E-state index contributed by atoms with van der Waals surface area (Å²) in [5, 5.41) is 3.63. The highest BCUT2D eigenvalue weighted by Gasteiger charge is 2.19. The van der Waals surface area contributed by atoms with Crippen molar-refractivity contribution in [2.75, 3.05) is 25.5 Å². The number of hydrogen-bond donors (Lipinski definition) is 1.